The fourth-order valence-corrected chi connectivity index (χ4v) is 4.52. The van der Waals surface area contributed by atoms with Gasteiger partial charge in [-0.15, -0.1) is 0 Å². The summed E-state index contributed by atoms with van der Waals surface area (Å²) in [5.41, 5.74) is 1.24. The van der Waals surface area contributed by atoms with Gasteiger partial charge in [0.15, 0.2) is 11.6 Å². The van der Waals surface area contributed by atoms with Crippen LogP contribution in [0.25, 0.3) is 11.1 Å². The molecule has 1 aliphatic carbocycles. The second kappa shape index (κ2) is 11.0. The maximum Gasteiger partial charge on any atom is 0.341 e. The van der Waals surface area contributed by atoms with Crippen LogP contribution in [0.5, 0.6) is 5.75 Å². The number of rotatable bonds is 7. The topological polar surface area (TPSA) is 55.8 Å². The molecule has 0 atom stereocenters. The molecule has 0 aliphatic heterocycles. The summed E-state index contributed by atoms with van der Waals surface area (Å²) >= 11 is 0. The third-order valence-electron chi connectivity index (χ3n) is 6.42. The van der Waals surface area contributed by atoms with E-state index in [1.807, 2.05) is 6.92 Å². The normalized spacial score (nSPS) is 17.7. The summed E-state index contributed by atoms with van der Waals surface area (Å²) in [7, 11) is 0. The maximum absolute atomic E-state index is 14.7. The van der Waals surface area contributed by atoms with Crippen LogP contribution in [0.3, 0.4) is 0 Å². The van der Waals surface area contributed by atoms with E-state index in [0.29, 0.717) is 54.7 Å². The van der Waals surface area contributed by atoms with E-state index in [0.717, 1.165) is 0 Å². The molecule has 1 fully saturated rings. The lowest BCUT2D eigenvalue weighted by atomic mass is 9.82. The first-order valence-corrected chi connectivity index (χ1v) is 11.7. The van der Waals surface area contributed by atoms with Crippen LogP contribution in [0, 0.1) is 17.5 Å². The molecule has 35 heavy (non-hydrogen) atoms. The molecule has 0 unspecified atom stereocenters. The number of hydrogen-bond acceptors (Lipinski definition) is 4. The third-order valence-corrected chi connectivity index (χ3v) is 6.42. The highest BCUT2D eigenvalue weighted by atomic mass is 19.2. The van der Waals surface area contributed by atoms with Gasteiger partial charge in [-0.05, 0) is 67.3 Å². The highest BCUT2D eigenvalue weighted by Gasteiger charge is 2.28. The number of hydrogen-bond donors (Lipinski definition) is 1. The van der Waals surface area contributed by atoms with Crippen molar-refractivity contribution in [2.24, 2.45) is 0 Å². The third kappa shape index (κ3) is 5.51. The number of carbonyl (C=O) groups is 1. The molecule has 1 N–H and O–H groups in total. The number of aliphatic hydroxyl groups is 1. The minimum Gasteiger partial charge on any atom is -0.494 e. The fourth-order valence-electron chi connectivity index (χ4n) is 4.52. The Labute approximate surface area is 202 Å². The number of aliphatic hydroxyl groups excluding tert-OH is 1. The molecule has 1 aliphatic rings. The molecular formula is C28H27F3O4. The standard InChI is InChI=1S/C28H27F3O4/c1-2-34-21-11-12-22(25(29)15-21)18-7-9-20(10-8-18)35-28(33)24-14-13-23(26(30)27(24)31)19-5-3-17(16-32)4-6-19/h3-6,11-15,18,20,32H,2,7-10,16H2,1H3. The molecule has 7 heteroatoms. The zero-order chi connectivity index (χ0) is 24.9. The SMILES string of the molecule is CCOc1ccc(C2CCC(OC(=O)c3ccc(-c4ccc(CO)cc4)c(F)c3F)CC2)c(F)c1. The summed E-state index contributed by atoms with van der Waals surface area (Å²) in [6.45, 7) is 2.14. The highest BCUT2D eigenvalue weighted by Crippen LogP contribution is 2.37. The minimum absolute atomic E-state index is 0.00804. The molecule has 0 radical (unpaired) electrons. The lowest BCUT2D eigenvalue weighted by Crippen LogP contribution is -2.25. The second-order valence-electron chi connectivity index (χ2n) is 8.64. The van der Waals surface area contributed by atoms with Gasteiger partial charge < -0.3 is 14.6 Å². The van der Waals surface area contributed by atoms with E-state index in [9.17, 15) is 18.0 Å². The van der Waals surface area contributed by atoms with Crippen LogP contribution >= 0.6 is 0 Å². The average Bonchev–Trinajstić information content (AvgIpc) is 2.87. The van der Waals surface area contributed by atoms with E-state index >= 15 is 0 Å². The molecule has 1 saturated carbocycles. The van der Waals surface area contributed by atoms with Gasteiger partial charge in [0.25, 0.3) is 0 Å². The number of benzene rings is 3. The van der Waals surface area contributed by atoms with Gasteiger partial charge in [-0.1, -0.05) is 36.4 Å². The van der Waals surface area contributed by atoms with Crippen LogP contribution in [0.1, 0.15) is 60.0 Å². The van der Waals surface area contributed by atoms with Crippen molar-refractivity contribution >= 4 is 5.97 Å². The predicted octanol–water partition coefficient (Wildman–Crippen LogP) is 6.55. The lowest BCUT2D eigenvalue weighted by Gasteiger charge is -2.29. The van der Waals surface area contributed by atoms with E-state index in [1.54, 1.807) is 36.4 Å². The minimum atomic E-state index is -1.26. The van der Waals surface area contributed by atoms with Crippen molar-refractivity contribution in [2.45, 2.75) is 51.2 Å². The van der Waals surface area contributed by atoms with Crippen LogP contribution in [-0.4, -0.2) is 23.8 Å². The Hall–Kier alpha value is -3.32. The molecule has 0 bridgehead atoms. The summed E-state index contributed by atoms with van der Waals surface area (Å²) in [6, 6.07) is 13.8. The first kappa shape index (κ1) is 24.8. The van der Waals surface area contributed by atoms with Crippen LogP contribution in [-0.2, 0) is 11.3 Å². The van der Waals surface area contributed by atoms with Gasteiger partial charge >= 0.3 is 5.97 Å². The Morgan fingerprint density at radius 2 is 1.66 bits per heavy atom. The monoisotopic (exact) mass is 484 g/mol. The van der Waals surface area contributed by atoms with Gasteiger partial charge in [0.05, 0.1) is 18.8 Å². The Balaban J connectivity index is 1.39. The van der Waals surface area contributed by atoms with Crippen molar-refractivity contribution in [1.82, 2.24) is 0 Å². The Bertz CT molecular complexity index is 1190. The number of ether oxygens (including phenoxy) is 2. The molecule has 0 saturated heterocycles. The average molecular weight is 485 g/mol. The van der Waals surface area contributed by atoms with Gasteiger partial charge in [-0.25, -0.2) is 18.0 Å². The van der Waals surface area contributed by atoms with Crippen molar-refractivity contribution in [3.05, 3.63) is 88.7 Å². The molecule has 0 heterocycles. The van der Waals surface area contributed by atoms with Crippen molar-refractivity contribution in [1.29, 1.82) is 0 Å². The van der Waals surface area contributed by atoms with Crippen LogP contribution in [0.4, 0.5) is 13.2 Å². The van der Waals surface area contributed by atoms with E-state index in [4.69, 9.17) is 14.6 Å². The summed E-state index contributed by atoms with van der Waals surface area (Å²) in [4.78, 5) is 12.6. The highest BCUT2D eigenvalue weighted by molar-refractivity contribution is 5.90. The number of carbonyl (C=O) groups excluding carboxylic acids is 1. The Kier molecular flexibility index (Phi) is 7.76. The lowest BCUT2D eigenvalue weighted by molar-refractivity contribution is 0.0188. The van der Waals surface area contributed by atoms with E-state index < -0.39 is 29.3 Å². The summed E-state index contributed by atoms with van der Waals surface area (Å²) in [5, 5.41) is 9.14. The van der Waals surface area contributed by atoms with E-state index in [2.05, 4.69) is 0 Å². The molecule has 0 spiro atoms. The molecule has 0 aromatic heterocycles. The van der Waals surface area contributed by atoms with E-state index in [1.165, 1.54) is 18.2 Å². The molecule has 3 aromatic carbocycles. The van der Waals surface area contributed by atoms with Crippen molar-refractivity contribution in [3.63, 3.8) is 0 Å². The second-order valence-corrected chi connectivity index (χ2v) is 8.64. The van der Waals surface area contributed by atoms with Gasteiger partial charge in [-0.3, -0.25) is 0 Å². The smallest absolute Gasteiger partial charge is 0.341 e. The molecule has 0 amide bonds. The van der Waals surface area contributed by atoms with Crippen molar-refractivity contribution < 1.29 is 32.5 Å². The van der Waals surface area contributed by atoms with Gasteiger partial charge in [0.2, 0.25) is 0 Å². The van der Waals surface area contributed by atoms with E-state index in [-0.39, 0.29) is 23.9 Å². The molecular weight excluding hydrogens is 457 g/mol. The summed E-state index contributed by atoms with van der Waals surface area (Å²) in [6.07, 6.45) is 1.79. The van der Waals surface area contributed by atoms with Gasteiger partial charge in [0.1, 0.15) is 17.7 Å². The van der Waals surface area contributed by atoms with Crippen molar-refractivity contribution in [2.75, 3.05) is 6.61 Å². The zero-order valence-electron chi connectivity index (χ0n) is 19.4. The predicted molar refractivity (Wildman–Crippen MR) is 126 cm³/mol. The fraction of sp³-hybridized carbons (Fsp3) is 0.321. The van der Waals surface area contributed by atoms with Crippen molar-refractivity contribution in [3.8, 4) is 16.9 Å². The summed E-state index contributed by atoms with van der Waals surface area (Å²) < 4.78 is 54.8. The molecule has 3 aromatic rings. The Morgan fingerprint density at radius 1 is 0.943 bits per heavy atom. The number of halogens is 3. The van der Waals surface area contributed by atoms with Crippen LogP contribution < -0.4 is 4.74 Å². The zero-order valence-corrected chi connectivity index (χ0v) is 19.4. The quantitative estimate of drug-likeness (QED) is 0.387. The molecule has 184 valence electrons. The van der Waals surface area contributed by atoms with Crippen LogP contribution in [0.15, 0.2) is 54.6 Å². The maximum atomic E-state index is 14.7. The molecule has 4 nitrogen and oxygen atoms in total. The first-order valence-electron chi connectivity index (χ1n) is 11.7. The number of esters is 1. The van der Waals surface area contributed by atoms with Gasteiger partial charge in [0, 0.05) is 11.6 Å². The molecule has 4 rings (SSSR count). The van der Waals surface area contributed by atoms with Crippen LogP contribution in [0.2, 0.25) is 0 Å². The van der Waals surface area contributed by atoms with Gasteiger partial charge in [-0.2, -0.15) is 0 Å². The first-order chi connectivity index (χ1) is 16.9. The summed E-state index contributed by atoms with van der Waals surface area (Å²) in [5.74, 6) is -3.15. The largest absolute Gasteiger partial charge is 0.494 e. The Morgan fingerprint density at radius 3 is 2.29 bits per heavy atom.